The molecule has 94 valence electrons. The molecule has 0 bridgehead atoms. The molecule has 0 aliphatic heterocycles. The van der Waals surface area contributed by atoms with E-state index >= 15 is 0 Å². The third-order valence-electron chi connectivity index (χ3n) is 4.00. The number of aromatic nitrogens is 2. The van der Waals surface area contributed by atoms with E-state index in [1.54, 1.807) is 6.20 Å². The Morgan fingerprint density at radius 1 is 1.59 bits per heavy atom. The lowest BCUT2D eigenvalue weighted by Gasteiger charge is -2.27. The molecular formula is C13H19BrN2O. The predicted molar refractivity (Wildman–Crippen MR) is 70.8 cm³/mol. The van der Waals surface area contributed by atoms with Crippen LogP contribution in [-0.4, -0.2) is 16.1 Å². The molecule has 4 heteroatoms. The summed E-state index contributed by atoms with van der Waals surface area (Å²) in [6, 6.07) is 0.210. The molecule has 0 radical (unpaired) electrons. The van der Waals surface area contributed by atoms with Crippen LogP contribution in [0.3, 0.4) is 0 Å². The van der Waals surface area contributed by atoms with Gasteiger partial charge in [0, 0.05) is 12.6 Å². The zero-order chi connectivity index (χ0) is 12.3. The summed E-state index contributed by atoms with van der Waals surface area (Å²) in [5.41, 5.74) is 0. The highest BCUT2D eigenvalue weighted by molar-refractivity contribution is 9.10. The summed E-state index contributed by atoms with van der Waals surface area (Å²) in [5.74, 6) is 1.28. The summed E-state index contributed by atoms with van der Waals surface area (Å²) in [6.45, 7) is 2.26. The van der Waals surface area contributed by atoms with Crippen LogP contribution in [0.1, 0.15) is 45.1 Å². The van der Waals surface area contributed by atoms with Gasteiger partial charge < -0.3 is 4.79 Å². The molecule has 1 aromatic rings. The summed E-state index contributed by atoms with van der Waals surface area (Å²) in [6.07, 6.45) is 10.6. The molecule has 17 heavy (non-hydrogen) atoms. The molecule has 0 aromatic carbocycles. The number of halogens is 1. The maximum absolute atomic E-state index is 10.9. The van der Waals surface area contributed by atoms with Gasteiger partial charge in [-0.15, -0.1) is 0 Å². The first kappa shape index (κ1) is 12.8. The third kappa shape index (κ3) is 2.97. The van der Waals surface area contributed by atoms with E-state index in [0.29, 0.717) is 12.3 Å². The predicted octanol–water partition coefficient (Wildman–Crippen LogP) is 3.60. The van der Waals surface area contributed by atoms with Crippen LogP contribution < -0.4 is 0 Å². The lowest BCUT2D eigenvalue weighted by Crippen LogP contribution is -2.23. The summed E-state index contributed by atoms with van der Waals surface area (Å²) >= 11 is 3.41. The van der Waals surface area contributed by atoms with E-state index in [2.05, 4.69) is 28.0 Å². The summed E-state index contributed by atoms with van der Waals surface area (Å²) in [7, 11) is 0. The van der Waals surface area contributed by atoms with Crippen molar-refractivity contribution in [2.24, 2.45) is 11.8 Å². The van der Waals surface area contributed by atoms with Gasteiger partial charge in [0.05, 0.1) is 16.7 Å². The van der Waals surface area contributed by atoms with Crippen molar-refractivity contribution < 1.29 is 4.79 Å². The molecule has 2 atom stereocenters. The largest absolute Gasteiger partial charge is 0.303 e. The van der Waals surface area contributed by atoms with E-state index in [0.717, 1.165) is 16.7 Å². The van der Waals surface area contributed by atoms with Gasteiger partial charge in [0.25, 0.3) is 0 Å². The fourth-order valence-electron chi connectivity index (χ4n) is 2.96. The number of carbonyl (C=O) groups is 1. The van der Waals surface area contributed by atoms with Crippen molar-refractivity contribution in [3.05, 3.63) is 16.9 Å². The van der Waals surface area contributed by atoms with Crippen molar-refractivity contribution in [3.63, 3.8) is 0 Å². The van der Waals surface area contributed by atoms with Gasteiger partial charge in [0.2, 0.25) is 0 Å². The Bertz CT molecular complexity index is 371. The second-order valence-electron chi connectivity index (χ2n) is 5.01. The molecule has 0 amide bonds. The smallest absolute Gasteiger partial charge is 0.122 e. The third-order valence-corrected chi connectivity index (χ3v) is 4.41. The van der Waals surface area contributed by atoms with Crippen LogP contribution in [0.15, 0.2) is 16.9 Å². The van der Waals surface area contributed by atoms with Gasteiger partial charge in [-0.05, 0) is 27.8 Å². The maximum Gasteiger partial charge on any atom is 0.122 e. The van der Waals surface area contributed by atoms with Gasteiger partial charge in [0.1, 0.15) is 6.29 Å². The van der Waals surface area contributed by atoms with Crippen molar-refractivity contribution in [1.82, 2.24) is 9.78 Å². The highest BCUT2D eigenvalue weighted by atomic mass is 79.9. The molecule has 1 heterocycles. The lowest BCUT2D eigenvalue weighted by atomic mass is 9.85. The van der Waals surface area contributed by atoms with Gasteiger partial charge in [0.15, 0.2) is 0 Å². The van der Waals surface area contributed by atoms with E-state index in [9.17, 15) is 4.79 Å². The first-order chi connectivity index (χ1) is 8.22. The number of hydrogen-bond acceptors (Lipinski definition) is 2. The van der Waals surface area contributed by atoms with Crippen LogP contribution in [0.5, 0.6) is 0 Å². The minimum absolute atomic E-state index is 0.210. The fraction of sp³-hybridized carbons (Fsp3) is 0.692. The Labute approximate surface area is 111 Å². The molecule has 1 aliphatic rings. The lowest BCUT2D eigenvalue weighted by molar-refractivity contribution is -0.109. The Morgan fingerprint density at radius 3 is 2.82 bits per heavy atom. The first-order valence-corrected chi connectivity index (χ1v) is 7.15. The monoisotopic (exact) mass is 298 g/mol. The van der Waals surface area contributed by atoms with Crippen molar-refractivity contribution in [1.29, 1.82) is 0 Å². The van der Waals surface area contributed by atoms with Gasteiger partial charge >= 0.3 is 0 Å². The topological polar surface area (TPSA) is 34.9 Å². The molecule has 0 spiro atoms. The Morgan fingerprint density at radius 2 is 2.29 bits per heavy atom. The number of nitrogens with zero attached hydrogens (tertiary/aromatic N) is 2. The number of rotatable bonds is 5. The summed E-state index contributed by atoms with van der Waals surface area (Å²) in [4.78, 5) is 10.9. The molecule has 1 fully saturated rings. The van der Waals surface area contributed by atoms with Crippen molar-refractivity contribution in [3.8, 4) is 0 Å². The van der Waals surface area contributed by atoms with E-state index in [4.69, 9.17) is 0 Å². The Balaban J connectivity index is 2.12. The highest BCUT2D eigenvalue weighted by Crippen LogP contribution is 2.37. The van der Waals surface area contributed by atoms with Crippen molar-refractivity contribution in [2.45, 2.75) is 45.1 Å². The summed E-state index contributed by atoms with van der Waals surface area (Å²) < 4.78 is 2.92. The molecule has 0 unspecified atom stereocenters. The maximum atomic E-state index is 10.9. The average Bonchev–Trinajstić information content (AvgIpc) is 2.95. The average molecular weight is 299 g/mol. The standard InChI is InChI=1S/C13H19BrN2O/c1-10(11-4-2-3-5-11)13(6-7-17)16-9-12(14)8-15-16/h7-11,13H,2-6H2,1H3/t10-,13+/m0/s1. The van der Waals surface area contributed by atoms with E-state index in [1.807, 2.05) is 10.9 Å². The molecule has 1 aromatic heterocycles. The van der Waals surface area contributed by atoms with Crippen LogP contribution in [0, 0.1) is 11.8 Å². The molecule has 1 aliphatic carbocycles. The molecular weight excluding hydrogens is 280 g/mol. The van der Waals surface area contributed by atoms with Crippen LogP contribution in [0.4, 0.5) is 0 Å². The quantitative estimate of drug-likeness (QED) is 0.779. The van der Waals surface area contributed by atoms with Gasteiger partial charge in [-0.3, -0.25) is 4.68 Å². The minimum atomic E-state index is 0.210. The first-order valence-electron chi connectivity index (χ1n) is 6.35. The molecule has 2 rings (SSSR count). The van der Waals surface area contributed by atoms with Crippen LogP contribution >= 0.6 is 15.9 Å². The Hall–Kier alpha value is -0.640. The normalized spacial score (nSPS) is 20.4. The number of aldehydes is 1. The van der Waals surface area contributed by atoms with Crippen LogP contribution in [-0.2, 0) is 4.79 Å². The van der Waals surface area contributed by atoms with Gasteiger partial charge in [-0.25, -0.2) is 0 Å². The van der Waals surface area contributed by atoms with E-state index in [-0.39, 0.29) is 6.04 Å². The zero-order valence-electron chi connectivity index (χ0n) is 10.2. The minimum Gasteiger partial charge on any atom is -0.303 e. The second kappa shape index (κ2) is 5.80. The zero-order valence-corrected chi connectivity index (χ0v) is 11.8. The van der Waals surface area contributed by atoms with E-state index in [1.165, 1.54) is 25.7 Å². The van der Waals surface area contributed by atoms with Crippen LogP contribution in [0.2, 0.25) is 0 Å². The second-order valence-corrected chi connectivity index (χ2v) is 5.93. The SMILES string of the molecule is C[C@@H](C1CCCC1)[C@@H](CC=O)n1cc(Br)cn1. The molecule has 3 nitrogen and oxygen atoms in total. The molecule has 0 N–H and O–H groups in total. The highest BCUT2D eigenvalue weighted by Gasteiger charge is 2.29. The summed E-state index contributed by atoms with van der Waals surface area (Å²) in [5, 5.41) is 4.34. The number of carbonyl (C=O) groups excluding carboxylic acids is 1. The fourth-order valence-corrected chi connectivity index (χ4v) is 3.26. The van der Waals surface area contributed by atoms with Crippen LogP contribution in [0.25, 0.3) is 0 Å². The van der Waals surface area contributed by atoms with Gasteiger partial charge in [-0.1, -0.05) is 32.6 Å². The van der Waals surface area contributed by atoms with Crippen molar-refractivity contribution in [2.75, 3.05) is 0 Å². The molecule has 1 saturated carbocycles. The Kier molecular flexibility index (Phi) is 4.37. The van der Waals surface area contributed by atoms with Crippen molar-refractivity contribution >= 4 is 22.2 Å². The van der Waals surface area contributed by atoms with Gasteiger partial charge in [-0.2, -0.15) is 5.10 Å². The van der Waals surface area contributed by atoms with E-state index < -0.39 is 0 Å². The molecule has 0 saturated heterocycles. The number of hydrogen-bond donors (Lipinski definition) is 0.